The number of hydrogen-bond donors (Lipinski definition) is 1. The number of hydrogen-bond acceptors (Lipinski definition) is 5. The summed E-state index contributed by atoms with van der Waals surface area (Å²) in [5.41, 5.74) is 2.89. The Morgan fingerprint density at radius 2 is 2.12 bits per heavy atom. The highest BCUT2D eigenvalue weighted by atomic mass is 16.5. The van der Waals surface area contributed by atoms with Gasteiger partial charge in [0.05, 0.1) is 17.9 Å². The second kappa shape index (κ2) is 7.19. The van der Waals surface area contributed by atoms with E-state index >= 15 is 0 Å². The van der Waals surface area contributed by atoms with E-state index in [0.717, 1.165) is 17.7 Å². The third kappa shape index (κ3) is 3.42. The van der Waals surface area contributed by atoms with Crippen molar-refractivity contribution in [2.45, 2.75) is 53.2 Å². The summed E-state index contributed by atoms with van der Waals surface area (Å²) in [6.07, 6.45) is 0.643. The molecule has 0 bridgehead atoms. The van der Waals surface area contributed by atoms with Crippen molar-refractivity contribution in [3.05, 3.63) is 35.2 Å². The van der Waals surface area contributed by atoms with Crippen LogP contribution in [-0.2, 0) is 16.1 Å². The molecule has 0 saturated heterocycles. The molecule has 26 heavy (non-hydrogen) atoms. The van der Waals surface area contributed by atoms with Gasteiger partial charge in [0.1, 0.15) is 11.5 Å². The van der Waals surface area contributed by atoms with Crippen molar-refractivity contribution >= 4 is 23.2 Å². The molecular formula is C19H23N3O4. The number of benzene rings is 1. The van der Waals surface area contributed by atoms with Gasteiger partial charge in [0.2, 0.25) is 5.91 Å². The molecule has 0 aliphatic carbocycles. The van der Waals surface area contributed by atoms with Crippen LogP contribution in [0.25, 0.3) is 0 Å². The molecular weight excluding hydrogens is 334 g/mol. The summed E-state index contributed by atoms with van der Waals surface area (Å²) in [6.45, 7) is 7.69. The largest absolute Gasteiger partial charge is 0.479 e. The van der Waals surface area contributed by atoms with E-state index in [1.165, 1.54) is 0 Å². The zero-order valence-electron chi connectivity index (χ0n) is 15.5. The van der Waals surface area contributed by atoms with Crippen LogP contribution in [0.15, 0.2) is 22.7 Å². The lowest BCUT2D eigenvalue weighted by atomic mass is 10.1. The van der Waals surface area contributed by atoms with Crippen LogP contribution in [0.1, 0.15) is 43.7 Å². The van der Waals surface area contributed by atoms with Crippen LogP contribution in [0.2, 0.25) is 0 Å². The topological polar surface area (TPSA) is 84.7 Å². The first kappa shape index (κ1) is 18.0. The Kier molecular flexibility index (Phi) is 4.97. The normalized spacial score (nSPS) is 16.2. The maximum Gasteiger partial charge on any atom is 0.268 e. The number of rotatable bonds is 5. The monoisotopic (exact) mass is 357 g/mol. The van der Waals surface area contributed by atoms with Crippen molar-refractivity contribution in [3.8, 4) is 5.75 Å². The SMILES string of the molecule is CCCC(=O)Nc1ccc2c(c1)N(Cc1c(C)noc1C)C(=O)C(C)O2. The third-order valence-electron chi connectivity index (χ3n) is 4.43. The number of ether oxygens (including phenoxy) is 1. The Bertz CT molecular complexity index is 824. The number of aryl methyl sites for hydroxylation is 2. The molecule has 1 aromatic carbocycles. The Labute approximate surface area is 152 Å². The first-order valence-corrected chi connectivity index (χ1v) is 8.74. The predicted octanol–water partition coefficient (Wildman–Crippen LogP) is 3.34. The summed E-state index contributed by atoms with van der Waals surface area (Å²) < 4.78 is 10.9. The molecule has 7 heteroatoms. The molecule has 7 nitrogen and oxygen atoms in total. The first-order chi connectivity index (χ1) is 12.4. The summed E-state index contributed by atoms with van der Waals surface area (Å²) in [6, 6.07) is 5.33. The minimum Gasteiger partial charge on any atom is -0.479 e. The Morgan fingerprint density at radius 3 is 2.77 bits per heavy atom. The number of aromatic nitrogens is 1. The lowest BCUT2D eigenvalue weighted by molar-refractivity contribution is -0.125. The predicted molar refractivity (Wildman–Crippen MR) is 97.2 cm³/mol. The van der Waals surface area contributed by atoms with Gasteiger partial charge in [0.25, 0.3) is 5.91 Å². The van der Waals surface area contributed by atoms with E-state index in [2.05, 4.69) is 10.5 Å². The summed E-state index contributed by atoms with van der Waals surface area (Å²) in [4.78, 5) is 26.3. The molecule has 1 aromatic heterocycles. The molecule has 1 aliphatic heterocycles. The van der Waals surface area contributed by atoms with Gasteiger partial charge >= 0.3 is 0 Å². The van der Waals surface area contributed by atoms with Crippen molar-refractivity contribution in [1.82, 2.24) is 5.16 Å². The number of amides is 2. The fourth-order valence-electron chi connectivity index (χ4n) is 2.98. The van der Waals surface area contributed by atoms with Crippen LogP contribution in [-0.4, -0.2) is 23.1 Å². The smallest absolute Gasteiger partial charge is 0.268 e. The summed E-state index contributed by atoms with van der Waals surface area (Å²) in [7, 11) is 0. The Morgan fingerprint density at radius 1 is 1.35 bits per heavy atom. The van der Waals surface area contributed by atoms with Crippen LogP contribution in [0.3, 0.4) is 0 Å². The van der Waals surface area contributed by atoms with E-state index in [1.54, 1.807) is 30.0 Å². The van der Waals surface area contributed by atoms with Gasteiger partial charge < -0.3 is 19.5 Å². The minimum atomic E-state index is -0.580. The first-order valence-electron chi connectivity index (χ1n) is 8.74. The summed E-state index contributed by atoms with van der Waals surface area (Å²) in [5, 5.41) is 6.82. The molecule has 1 unspecified atom stereocenters. The van der Waals surface area contributed by atoms with Gasteiger partial charge in [-0.05, 0) is 45.4 Å². The molecule has 138 valence electrons. The molecule has 2 heterocycles. The molecule has 0 fully saturated rings. The Balaban J connectivity index is 1.95. The van der Waals surface area contributed by atoms with Crippen LogP contribution >= 0.6 is 0 Å². The highest BCUT2D eigenvalue weighted by molar-refractivity contribution is 6.01. The summed E-state index contributed by atoms with van der Waals surface area (Å²) >= 11 is 0. The number of nitrogens with zero attached hydrogens (tertiary/aromatic N) is 2. The van der Waals surface area contributed by atoms with Gasteiger partial charge in [-0.3, -0.25) is 9.59 Å². The van der Waals surface area contributed by atoms with Gasteiger partial charge in [-0.1, -0.05) is 12.1 Å². The van der Waals surface area contributed by atoms with Gasteiger partial charge in [-0.15, -0.1) is 0 Å². The number of fused-ring (bicyclic) bond motifs is 1. The molecule has 2 amide bonds. The number of carbonyl (C=O) groups is 2. The maximum atomic E-state index is 12.7. The summed E-state index contributed by atoms with van der Waals surface area (Å²) in [5.74, 6) is 1.09. The van der Waals surface area contributed by atoms with Crippen molar-refractivity contribution in [1.29, 1.82) is 0 Å². The second-order valence-electron chi connectivity index (χ2n) is 6.47. The van der Waals surface area contributed by atoms with Crippen LogP contribution < -0.4 is 15.0 Å². The van der Waals surface area contributed by atoms with E-state index in [-0.39, 0.29) is 11.8 Å². The lowest BCUT2D eigenvalue weighted by Crippen LogP contribution is -2.44. The molecule has 3 rings (SSSR count). The molecule has 1 atom stereocenters. The Hall–Kier alpha value is -2.83. The fourth-order valence-corrected chi connectivity index (χ4v) is 2.98. The van der Waals surface area contributed by atoms with Gasteiger partial charge in [0, 0.05) is 17.7 Å². The highest BCUT2D eigenvalue weighted by Crippen LogP contribution is 2.37. The van der Waals surface area contributed by atoms with Crippen molar-refractivity contribution in [3.63, 3.8) is 0 Å². The van der Waals surface area contributed by atoms with E-state index in [4.69, 9.17) is 9.26 Å². The van der Waals surface area contributed by atoms with Gasteiger partial charge in [-0.2, -0.15) is 0 Å². The minimum absolute atomic E-state index is 0.0545. The molecule has 0 saturated carbocycles. The number of carbonyl (C=O) groups excluding carboxylic acids is 2. The van der Waals surface area contributed by atoms with Crippen molar-refractivity contribution in [2.75, 3.05) is 10.2 Å². The fraction of sp³-hybridized carbons (Fsp3) is 0.421. The molecule has 0 radical (unpaired) electrons. The van der Waals surface area contributed by atoms with E-state index in [1.807, 2.05) is 20.8 Å². The highest BCUT2D eigenvalue weighted by Gasteiger charge is 2.33. The molecule has 2 aromatic rings. The van der Waals surface area contributed by atoms with Crippen molar-refractivity contribution < 1.29 is 18.8 Å². The third-order valence-corrected chi connectivity index (χ3v) is 4.43. The van der Waals surface area contributed by atoms with Crippen LogP contribution in [0, 0.1) is 13.8 Å². The zero-order valence-corrected chi connectivity index (χ0v) is 15.5. The van der Waals surface area contributed by atoms with Crippen molar-refractivity contribution in [2.24, 2.45) is 0 Å². The number of nitrogens with one attached hydrogen (secondary N) is 1. The van der Waals surface area contributed by atoms with Gasteiger partial charge in [0.15, 0.2) is 6.10 Å². The zero-order chi connectivity index (χ0) is 18.8. The number of anilines is 2. The van der Waals surface area contributed by atoms with E-state index < -0.39 is 6.10 Å². The van der Waals surface area contributed by atoms with E-state index in [0.29, 0.717) is 35.9 Å². The average molecular weight is 357 g/mol. The standard InChI is InChI=1S/C19H23N3O4/c1-5-6-18(23)20-14-7-8-17-16(9-14)22(19(24)13(4)25-17)10-15-11(2)21-26-12(15)3/h7-9,13H,5-6,10H2,1-4H3,(H,20,23). The second-order valence-corrected chi connectivity index (χ2v) is 6.47. The molecule has 1 aliphatic rings. The quantitative estimate of drug-likeness (QED) is 0.887. The molecule has 0 spiro atoms. The van der Waals surface area contributed by atoms with Crippen LogP contribution in [0.4, 0.5) is 11.4 Å². The average Bonchev–Trinajstić information content (AvgIpc) is 2.91. The van der Waals surface area contributed by atoms with Gasteiger partial charge in [-0.25, -0.2) is 0 Å². The maximum absolute atomic E-state index is 12.7. The lowest BCUT2D eigenvalue weighted by Gasteiger charge is -2.33. The van der Waals surface area contributed by atoms with Crippen LogP contribution in [0.5, 0.6) is 5.75 Å². The van der Waals surface area contributed by atoms with E-state index in [9.17, 15) is 9.59 Å². The molecule has 1 N–H and O–H groups in total.